The monoisotopic (exact) mass is 1920 g/mol. The van der Waals surface area contributed by atoms with Crippen molar-refractivity contribution < 1.29 is 38.4 Å². The predicted molar refractivity (Wildman–Crippen MR) is 590 cm³/mol. The lowest BCUT2D eigenvalue weighted by Crippen LogP contribution is -2.31. The number of hydrogen-bond acceptors (Lipinski definition) is 8. The van der Waals surface area contributed by atoms with E-state index in [0.29, 0.717) is 44.5 Å². The smallest absolute Gasteiger partial charge is 0.255 e. The Morgan fingerprint density at radius 1 is 0.167 bits per heavy atom. The molecule has 28 aliphatic heterocycles. The largest absolute Gasteiger partial charge is 0.322 e. The van der Waals surface area contributed by atoms with E-state index in [1.807, 2.05) is 24.3 Å². The fourth-order valence-electron chi connectivity index (χ4n) is 24.8. The Bertz CT molecular complexity index is 6190. The normalized spacial score (nSPS) is 17.0. The highest BCUT2D eigenvalue weighted by Crippen LogP contribution is 2.54. The van der Waals surface area contributed by atoms with Gasteiger partial charge >= 0.3 is 0 Å². The van der Waals surface area contributed by atoms with Gasteiger partial charge in [-0.25, -0.2) is 0 Å². The summed E-state index contributed by atoms with van der Waals surface area (Å²) in [5.41, 5.74) is 32.8. The summed E-state index contributed by atoms with van der Waals surface area (Å²) in [6, 6.07) is 60.5. The molecule has 0 unspecified atom stereocenters. The van der Waals surface area contributed by atoms with Crippen molar-refractivity contribution in [3.8, 4) is 0 Å². The molecule has 144 heavy (non-hydrogen) atoms. The molecule has 4 aliphatic carbocycles. The maximum atomic E-state index is 15.0. The molecule has 8 N–H and O–H groups in total. The second kappa shape index (κ2) is 40.2. The molecule has 24 bridgehead atoms. The van der Waals surface area contributed by atoms with Crippen LogP contribution >= 0.6 is 0 Å². The molecule has 28 heterocycles. The quantitative estimate of drug-likeness (QED) is 0.0726. The SMILES string of the molecule is Cc1cc2cc(C)c1NC(=O)c1ccc(cc1)C(=O)Nc1c(C)cc(cc1C)C1(CCCCC1)c1cc(C)c(c(C)c1)NC(=O)c1cc(cc(C(C)(C)C)c1)C(=O)Nc1c(C)cc(cc1C)C1(CCCCC1)c1cc(C)c(c(C)c1)NC(=O)c1ccc(cc1)C(=O)Nc1c(C)cc(cc1C)C1(CCCCC1)c1cc(C)c(c(C)c1)NC(=O)c1cc(cc(C(C)(C)C)c1)C(=O)Nc1c(C)cc(cc1C)C21CCCCC1. The van der Waals surface area contributed by atoms with E-state index in [0.717, 1.165) is 274 Å². The molecule has 4 saturated carbocycles. The number of carbonyl (C=O) groups is 8. The van der Waals surface area contributed by atoms with Gasteiger partial charge in [0.05, 0.1) is 0 Å². The third-order valence-corrected chi connectivity index (χ3v) is 32.9. The number of hydrogen-bond donors (Lipinski definition) is 8. The molecule has 8 amide bonds. The van der Waals surface area contributed by atoms with Crippen LogP contribution in [0.25, 0.3) is 0 Å². The van der Waals surface area contributed by atoms with Crippen molar-refractivity contribution in [2.45, 2.75) is 313 Å². The zero-order valence-corrected chi connectivity index (χ0v) is 88.7. The molecule has 744 valence electrons. The summed E-state index contributed by atoms with van der Waals surface area (Å²) in [5.74, 6) is -2.40. The van der Waals surface area contributed by atoms with Crippen LogP contribution in [0.5, 0.6) is 0 Å². The minimum absolute atomic E-state index is 0.285. The summed E-state index contributed by atoms with van der Waals surface area (Å²) < 4.78 is 0. The lowest BCUT2D eigenvalue weighted by atomic mass is 9.64. The van der Waals surface area contributed by atoms with Gasteiger partial charge in [0, 0.05) is 112 Å². The standard InChI is InChI=1S/C128H144N8O8/c1-73-51-99-52-74(2)107(73)129-115(137)89-35-37-90(38-36-89)116(138)130-108-75(3)53-100(54-76(108)4)126(45-29-24-30-46-126)104-61-85(13)113(86(14)62-104)135-121(143)95-68-96(72-98(71-95)124(20,21)22)122(144)136-114-87(15)65-106(66-88(114)16)128(49-33-26-34-50-128)102-57-79(7)110(80(8)58-102)132-118(140)92-41-39-91(40-42-92)117(139)131-109-77(5)55-101(56-78(109)6)127(47-31-25-32-48-127)105-63-83(11)112(84(12)64-105)134-120(142)94-67-93(69-97(70-94)123(17,18)19)119(141)133-111-81(9)59-103(60-82(111)10)125(99)43-27-23-28-44-125/h35-42,51-72H,23-34,43-50H2,1-22H3,(H,129,137)(H,130,138)(H,131,139)(H,132,140)(H,133,141)(H,134,142)(H,135,143)(H,136,144). The fourth-order valence-corrected chi connectivity index (χ4v) is 24.8. The Balaban J connectivity index is 0.677. The van der Waals surface area contributed by atoms with E-state index in [4.69, 9.17) is 0 Å². The van der Waals surface area contributed by atoms with Crippen molar-refractivity contribution in [1.82, 2.24) is 0 Å². The average molecular weight is 1920 g/mol. The summed E-state index contributed by atoms with van der Waals surface area (Å²) in [5, 5.41) is 26.4. The molecule has 0 aromatic heterocycles. The van der Waals surface area contributed by atoms with E-state index in [-0.39, 0.29) is 68.9 Å². The molecule has 32 aliphatic rings. The topological polar surface area (TPSA) is 233 Å². The Morgan fingerprint density at radius 2 is 0.285 bits per heavy atom. The first-order chi connectivity index (χ1) is 68.3. The number of nitrogens with one attached hydrogen (secondary N) is 8. The Morgan fingerprint density at radius 3 is 0.403 bits per heavy atom. The third-order valence-electron chi connectivity index (χ3n) is 32.9. The Hall–Kier alpha value is -13.6. The minimum atomic E-state index is -0.418. The van der Waals surface area contributed by atoms with Gasteiger partial charge in [-0.05, 0) is 403 Å². The fraction of sp³-hybridized carbons (Fsp3) is 0.375. The average Bonchev–Trinajstić information content (AvgIpc) is 0.757. The minimum Gasteiger partial charge on any atom is -0.322 e. The molecule has 12 aromatic carbocycles. The highest BCUT2D eigenvalue weighted by Gasteiger charge is 2.43. The van der Waals surface area contributed by atoms with Crippen molar-refractivity contribution in [2.75, 3.05) is 42.5 Å². The van der Waals surface area contributed by atoms with Crippen molar-refractivity contribution >= 4 is 92.8 Å². The predicted octanol–water partition coefficient (Wildman–Crippen LogP) is 30.5. The number of aryl methyl sites for hydroxylation is 16. The number of rotatable bonds is 0. The van der Waals surface area contributed by atoms with Crippen LogP contribution in [0.4, 0.5) is 45.5 Å². The second-order valence-electron chi connectivity index (χ2n) is 45.3. The summed E-state index contributed by atoms with van der Waals surface area (Å²) in [4.78, 5) is 118. The van der Waals surface area contributed by atoms with Crippen LogP contribution < -0.4 is 42.5 Å². The summed E-state index contributed by atoms with van der Waals surface area (Å²) in [6.07, 6.45) is 20.2. The first kappa shape index (κ1) is 102. The number of amides is 8. The summed E-state index contributed by atoms with van der Waals surface area (Å²) >= 11 is 0. The van der Waals surface area contributed by atoms with Crippen LogP contribution in [0.15, 0.2) is 182 Å². The van der Waals surface area contributed by atoms with Crippen molar-refractivity contribution in [3.05, 3.63) is 371 Å². The second-order valence-corrected chi connectivity index (χ2v) is 45.3. The first-order valence-corrected chi connectivity index (χ1v) is 52.3. The van der Waals surface area contributed by atoms with Crippen LogP contribution in [0.1, 0.15) is 397 Å². The Kier molecular flexibility index (Phi) is 28.4. The van der Waals surface area contributed by atoms with Crippen molar-refractivity contribution in [1.29, 1.82) is 0 Å². The van der Waals surface area contributed by atoms with Crippen LogP contribution in [-0.2, 0) is 32.5 Å². The van der Waals surface area contributed by atoms with Gasteiger partial charge in [0.1, 0.15) is 0 Å². The van der Waals surface area contributed by atoms with E-state index in [2.05, 4.69) is 292 Å². The van der Waals surface area contributed by atoms with Crippen LogP contribution in [0.2, 0.25) is 0 Å². The van der Waals surface area contributed by atoms with Gasteiger partial charge in [-0.1, -0.05) is 216 Å². The van der Waals surface area contributed by atoms with Gasteiger partial charge in [-0.15, -0.1) is 0 Å². The molecule has 0 radical (unpaired) electrons. The van der Waals surface area contributed by atoms with Gasteiger partial charge in [-0.3, -0.25) is 38.4 Å². The molecule has 0 saturated heterocycles. The molecule has 12 aromatic rings. The van der Waals surface area contributed by atoms with Crippen LogP contribution in [-0.4, -0.2) is 47.3 Å². The number of carbonyl (C=O) groups excluding carboxylic acids is 8. The maximum Gasteiger partial charge on any atom is 0.255 e. The third kappa shape index (κ3) is 20.0. The molecule has 44 rings (SSSR count). The summed E-state index contributed by atoms with van der Waals surface area (Å²) in [6.45, 7) is 45.5. The molecular weight excluding hydrogens is 1780 g/mol. The zero-order chi connectivity index (χ0) is 103. The van der Waals surface area contributed by atoms with E-state index < -0.39 is 10.8 Å². The molecular formula is C128H144N8O8. The van der Waals surface area contributed by atoms with E-state index in [1.165, 1.54) is 44.5 Å². The lowest BCUT2D eigenvalue weighted by molar-refractivity contribution is 0.101. The van der Waals surface area contributed by atoms with E-state index in [9.17, 15) is 19.2 Å². The van der Waals surface area contributed by atoms with Crippen molar-refractivity contribution in [2.24, 2.45) is 0 Å². The van der Waals surface area contributed by atoms with Gasteiger partial charge in [0.2, 0.25) is 0 Å². The van der Waals surface area contributed by atoms with E-state index >= 15 is 19.2 Å². The molecule has 4 fully saturated rings. The van der Waals surface area contributed by atoms with Gasteiger partial charge < -0.3 is 42.5 Å². The van der Waals surface area contributed by atoms with Gasteiger partial charge in [0.15, 0.2) is 0 Å². The highest BCUT2D eigenvalue weighted by atomic mass is 16.2. The molecule has 16 nitrogen and oxygen atoms in total. The Labute approximate surface area is 852 Å². The summed E-state index contributed by atoms with van der Waals surface area (Å²) in [7, 11) is 0. The zero-order valence-electron chi connectivity index (χ0n) is 88.7. The molecule has 4 spiro atoms. The van der Waals surface area contributed by atoms with Gasteiger partial charge in [-0.2, -0.15) is 0 Å². The number of anilines is 8. The molecule has 16 heteroatoms. The highest BCUT2D eigenvalue weighted by molar-refractivity contribution is 6.13. The molecule has 0 atom stereocenters. The number of benzene rings is 12. The van der Waals surface area contributed by atoms with Crippen LogP contribution in [0.3, 0.4) is 0 Å². The lowest BCUT2D eigenvalue weighted by Gasteiger charge is -2.40. The van der Waals surface area contributed by atoms with E-state index in [1.54, 1.807) is 60.7 Å². The van der Waals surface area contributed by atoms with Gasteiger partial charge in [0.25, 0.3) is 47.3 Å². The first-order valence-electron chi connectivity index (χ1n) is 52.3. The van der Waals surface area contributed by atoms with Crippen molar-refractivity contribution in [3.63, 3.8) is 0 Å². The van der Waals surface area contributed by atoms with Crippen LogP contribution in [0, 0.1) is 111 Å². The maximum absolute atomic E-state index is 15.0.